The lowest BCUT2D eigenvalue weighted by molar-refractivity contribution is 0.684. The molecule has 0 aliphatic heterocycles. The average molecular weight is 249 g/mol. The zero-order valence-corrected chi connectivity index (χ0v) is 12.2. The topological polar surface area (TPSA) is 12.0 Å². The fourth-order valence-electron chi connectivity index (χ4n) is 1.83. The number of rotatable bonds is 4. The average Bonchev–Trinajstić information content (AvgIpc) is 2.97. The van der Waals surface area contributed by atoms with Crippen LogP contribution in [0.1, 0.15) is 44.7 Å². The molecule has 0 atom stereocenters. The highest BCUT2D eigenvalue weighted by Crippen LogP contribution is 2.32. The van der Waals surface area contributed by atoms with Crippen molar-refractivity contribution in [3.05, 3.63) is 29.3 Å². The van der Waals surface area contributed by atoms with E-state index >= 15 is 0 Å². The Morgan fingerprint density at radius 2 is 2.00 bits per heavy atom. The van der Waals surface area contributed by atoms with E-state index in [4.69, 9.17) is 0 Å². The Balaban J connectivity index is 1.99. The lowest BCUT2D eigenvalue weighted by Gasteiger charge is -2.18. The van der Waals surface area contributed by atoms with Gasteiger partial charge < -0.3 is 5.32 Å². The Morgan fingerprint density at radius 1 is 1.29 bits per heavy atom. The number of benzene rings is 1. The molecule has 1 aliphatic rings. The predicted octanol–water partition coefficient (Wildman–Crippen LogP) is 4.14. The second-order valence-electron chi connectivity index (χ2n) is 5.96. The van der Waals surface area contributed by atoms with Crippen LogP contribution in [0.25, 0.3) is 0 Å². The van der Waals surface area contributed by atoms with Gasteiger partial charge in [-0.2, -0.15) is 0 Å². The van der Waals surface area contributed by atoms with Crippen LogP contribution in [0, 0.1) is 6.92 Å². The lowest BCUT2D eigenvalue weighted by Crippen LogP contribution is -2.16. The fraction of sp³-hybridized carbons (Fsp3) is 0.600. The van der Waals surface area contributed by atoms with Crippen molar-refractivity contribution in [3.63, 3.8) is 0 Å². The molecule has 1 fully saturated rings. The number of nitrogens with one attached hydrogen (secondary N) is 1. The summed E-state index contributed by atoms with van der Waals surface area (Å²) in [7, 11) is 0. The van der Waals surface area contributed by atoms with E-state index in [1.165, 1.54) is 28.9 Å². The molecular weight excluding hydrogens is 226 g/mol. The van der Waals surface area contributed by atoms with Gasteiger partial charge in [-0.15, -0.1) is 11.8 Å². The molecule has 0 heterocycles. The molecule has 2 rings (SSSR count). The number of thioether (sulfide) groups is 1. The van der Waals surface area contributed by atoms with Gasteiger partial charge in [0.25, 0.3) is 0 Å². The van der Waals surface area contributed by atoms with Gasteiger partial charge in [0.15, 0.2) is 0 Å². The van der Waals surface area contributed by atoms with Crippen molar-refractivity contribution < 1.29 is 0 Å². The summed E-state index contributed by atoms with van der Waals surface area (Å²) < 4.78 is 0.292. The highest BCUT2D eigenvalue weighted by molar-refractivity contribution is 8.00. The minimum absolute atomic E-state index is 0.292. The molecule has 1 aromatic rings. The summed E-state index contributed by atoms with van der Waals surface area (Å²) in [5, 5.41) is 3.57. The molecule has 1 aliphatic carbocycles. The maximum Gasteiger partial charge on any atom is 0.0210 e. The molecule has 1 nitrogen and oxygen atoms in total. The van der Waals surface area contributed by atoms with E-state index in [-0.39, 0.29) is 0 Å². The van der Waals surface area contributed by atoms with Crippen LogP contribution < -0.4 is 5.32 Å². The van der Waals surface area contributed by atoms with Gasteiger partial charge in [-0.05, 0) is 43.0 Å². The van der Waals surface area contributed by atoms with Crippen LogP contribution in [0.3, 0.4) is 0 Å². The molecule has 1 aromatic carbocycles. The van der Waals surface area contributed by atoms with Crippen molar-refractivity contribution in [2.75, 3.05) is 0 Å². The highest BCUT2D eigenvalue weighted by Gasteiger charge is 2.20. The van der Waals surface area contributed by atoms with E-state index < -0.39 is 0 Å². The van der Waals surface area contributed by atoms with Gasteiger partial charge >= 0.3 is 0 Å². The molecule has 0 saturated heterocycles. The SMILES string of the molecule is Cc1cc(SC(C)(C)C)ccc1CNC1CC1. The highest BCUT2D eigenvalue weighted by atomic mass is 32.2. The zero-order valence-electron chi connectivity index (χ0n) is 11.3. The molecule has 0 amide bonds. The summed E-state index contributed by atoms with van der Waals surface area (Å²) in [6.07, 6.45) is 2.72. The quantitative estimate of drug-likeness (QED) is 0.805. The van der Waals surface area contributed by atoms with Crippen LogP contribution in [0.4, 0.5) is 0 Å². The first kappa shape index (κ1) is 13.0. The van der Waals surface area contributed by atoms with Gasteiger partial charge in [0, 0.05) is 22.2 Å². The van der Waals surface area contributed by atoms with E-state index in [9.17, 15) is 0 Å². The maximum atomic E-state index is 3.57. The van der Waals surface area contributed by atoms with Gasteiger partial charge in [0.1, 0.15) is 0 Å². The molecule has 1 N–H and O–H groups in total. The first-order valence-corrected chi connectivity index (χ1v) is 7.28. The Kier molecular flexibility index (Phi) is 3.84. The number of aryl methyl sites for hydroxylation is 1. The van der Waals surface area contributed by atoms with Crippen molar-refractivity contribution in [2.45, 2.75) is 62.8 Å². The first-order valence-electron chi connectivity index (χ1n) is 6.46. The summed E-state index contributed by atoms with van der Waals surface area (Å²) in [6, 6.07) is 7.64. The molecule has 0 spiro atoms. The van der Waals surface area contributed by atoms with Crippen LogP contribution >= 0.6 is 11.8 Å². The normalized spacial score (nSPS) is 16.2. The summed E-state index contributed by atoms with van der Waals surface area (Å²) in [5.74, 6) is 0. The first-order chi connectivity index (χ1) is 7.94. The monoisotopic (exact) mass is 249 g/mol. The maximum absolute atomic E-state index is 3.57. The lowest BCUT2D eigenvalue weighted by atomic mass is 10.1. The van der Waals surface area contributed by atoms with E-state index in [2.05, 4.69) is 51.2 Å². The Bertz CT molecular complexity index is 388. The van der Waals surface area contributed by atoms with E-state index in [0.29, 0.717) is 4.75 Å². The molecular formula is C15H23NS. The Morgan fingerprint density at radius 3 is 2.53 bits per heavy atom. The van der Waals surface area contributed by atoms with E-state index in [1.807, 2.05) is 11.8 Å². The third-order valence-electron chi connectivity index (χ3n) is 2.90. The number of hydrogen-bond acceptors (Lipinski definition) is 2. The zero-order chi connectivity index (χ0) is 12.5. The molecule has 0 bridgehead atoms. The van der Waals surface area contributed by atoms with E-state index in [0.717, 1.165) is 12.6 Å². The smallest absolute Gasteiger partial charge is 0.0210 e. The second-order valence-corrected chi connectivity index (χ2v) is 7.86. The Hall–Kier alpha value is -0.470. The van der Waals surface area contributed by atoms with Gasteiger partial charge in [-0.3, -0.25) is 0 Å². The van der Waals surface area contributed by atoms with Crippen LogP contribution in [-0.4, -0.2) is 10.8 Å². The molecule has 0 radical (unpaired) electrons. The van der Waals surface area contributed by atoms with Crippen molar-refractivity contribution >= 4 is 11.8 Å². The van der Waals surface area contributed by atoms with Crippen molar-refractivity contribution in [2.24, 2.45) is 0 Å². The summed E-state index contributed by atoms with van der Waals surface area (Å²) >= 11 is 1.94. The molecule has 2 heteroatoms. The summed E-state index contributed by atoms with van der Waals surface area (Å²) in [4.78, 5) is 1.38. The Labute approximate surface area is 109 Å². The van der Waals surface area contributed by atoms with Crippen LogP contribution in [0.2, 0.25) is 0 Å². The third kappa shape index (κ3) is 4.36. The predicted molar refractivity (Wildman–Crippen MR) is 76.7 cm³/mol. The van der Waals surface area contributed by atoms with Crippen LogP contribution in [0.5, 0.6) is 0 Å². The van der Waals surface area contributed by atoms with Gasteiger partial charge in [0.2, 0.25) is 0 Å². The summed E-state index contributed by atoms with van der Waals surface area (Å²) in [6.45, 7) is 10.0. The largest absolute Gasteiger partial charge is 0.310 e. The molecule has 1 saturated carbocycles. The second kappa shape index (κ2) is 5.03. The van der Waals surface area contributed by atoms with E-state index in [1.54, 1.807) is 0 Å². The molecule has 17 heavy (non-hydrogen) atoms. The standard InChI is InChI=1S/C15H23NS/c1-11-9-14(17-15(2,3)4)8-5-12(11)10-16-13-6-7-13/h5,8-9,13,16H,6-7,10H2,1-4H3. The molecule has 94 valence electrons. The summed E-state index contributed by atoms with van der Waals surface area (Å²) in [5.41, 5.74) is 2.85. The number of hydrogen-bond donors (Lipinski definition) is 1. The van der Waals surface area contributed by atoms with Crippen molar-refractivity contribution in [1.82, 2.24) is 5.32 Å². The van der Waals surface area contributed by atoms with Gasteiger partial charge in [0.05, 0.1) is 0 Å². The van der Waals surface area contributed by atoms with Crippen LogP contribution in [0.15, 0.2) is 23.1 Å². The van der Waals surface area contributed by atoms with Gasteiger partial charge in [-0.1, -0.05) is 26.8 Å². The van der Waals surface area contributed by atoms with Crippen molar-refractivity contribution in [1.29, 1.82) is 0 Å². The fourth-order valence-corrected chi connectivity index (χ4v) is 2.90. The molecule has 0 aromatic heterocycles. The van der Waals surface area contributed by atoms with Crippen LogP contribution in [-0.2, 0) is 6.54 Å². The molecule has 0 unspecified atom stereocenters. The minimum Gasteiger partial charge on any atom is -0.310 e. The van der Waals surface area contributed by atoms with Gasteiger partial charge in [-0.25, -0.2) is 0 Å². The van der Waals surface area contributed by atoms with Crippen molar-refractivity contribution in [3.8, 4) is 0 Å². The third-order valence-corrected chi connectivity index (χ3v) is 4.00. The minimum atomic E-state index is 0.292.